The van der Waals surface area contributed by atoms with E-state index in [4.69, 9.17) is 18.6 Å². The summed E-state index contributed by atoms with van der Waals surface area (Å²) in [6.45, 7) is 7.32. The third-order valence-corrected chi connectivity index (χ3v) is 9.74. The van der Waals surface area contributed by atoms with E-state index < -0.39 is 46.3 Å². The van der Waals surface area contributed by atoms with Crippen molar-refractivity contribution >= 4 is 23.7 Å². The lowest BCUT2D eigenvalue weighted by Crippen LogP contribution is -2.50. The van der Waals surface area contributed by atoms with Crippen molar-refractivity contribution in [2.75, 3.05) is 7.11 Å². The number of esters is 3. The molecule has 3 aliphatic carbocycles. The van der Waals surface area contributed by atoms with E-state index in [1.54, 1.807) is 12.5 Å². The number of ether oxygens (including phenoxy) is 3. The maximum Gasteiger partial charge on any atom is 0.310 e. The summed E-state index contributed by atoms with van der Waals surface area (Å²) < 4.78 is 22.0. The largest absolute Gasteiger partial charge is 0.472 e. The van der Waals surface area contributed by atoms with Gasteiger partial charge in [-0.25, -0.2) is 0 Å². The molecule has 0 amide bonds. The molecule has 0 radical (unpaired) electrons. The van der Waals surface area contributed by atoms with Crippen LogP contribution in [0.2, 0.25) is 0 Å². The van der Waals surface area contributed by atoms with E-state index in [2.05, 4.69) is 6.92 Å². The van der Waals surface area contributed by atoms with Gasteiger partial charge in [-0.05, 0) is 48.0 Å². The Hall–Kier alpha value is -3.16. The van der Waals surface area contributed by atoms with Crippen molar-refractivity contribution in [1.29, 1.82) is 0 Å². The number of ketones is 1. The Kier molecular flexibility index (Phi) is 6.00. The molecular formula is C29H34O8. The number of hydrogen-bond acceptors (Lipinski definition) is 8. The summed E-state index contributed by atoms with van der Waals surface area (Å²) in [5, 5.41) is 0. The quantitative estimate of drug-likeness (QED) is 0.425. The summed E-state index contributed by atoms with van der Waals surface area (Å²) in [6, 6.07) is 1.81. The Balaban J connectivity index is 1.73. The van der Waals surface area contributed by atoms with Gasteiger partial charge in [0.2, 0.25) is 0 Å². The minimum atomic E-state index is -0.901. The average molecular weight is 511 g/mol. The zero-order chi connectivity index (χ0) is 26.8. The molecule has 7 atom stereocenters. The number of hydrogen-bond donors (Lipinski definition) is 0. The Morgan fingerprint density at radius 3 is 2.59 bits per heavy atom. The molecule has 5 rings (SSSR count). The number of methoxy groups -OCH3 is 1. The van der Waals surface area contributed by atoms with Gasteiger partial charge in [0.15, 0.2) is 0 Å². The fourth-order valence-electron chi connectivity index (χ4n) is 7.76. The first-order chi connectivity index (χ1) is 17.4. The summed E-state index contributed by atoms with van der Waals surface area (Å²) in [7, 11) is 1.34. The Morgan fingerprint density at radius 2 is 1.95 bits per heavy atom. The van der Waals surface area contributed by atoms with Crippen LogP contribution in [0, 0.1) is 28.1 Å². The lowest BCUT2D eigenvalue weighted by molar-refractivity contribution is -0.162. The minimum Gasteiger partial charge on any atom is -0.472 e. The van der Waals surface area contributed by atoms with Gasteiger partial charge >= 0.3 is 17.9 Å². The van der Waals surface area contributed by atoms with Crippen LogP contribution in [0.15, 0.2) is 46.3 Å². The summed E-state index contributed by atoms with van der Waals surface area (Å²) in [6.07, 6.45) is 7.46. The molecular weight excluding hydrogens is 476 g/mol. The Morgan fingerprint density at radius 1 is 1.19 bits per heavy atom. The van der Waals surface area contributed by atoms with Gasteiger partial charge in [-0.3, -0.25) is 19.2 Å². The van der Waals surface area contributed by atoms with Crippen LogP contribution in [-0.4, -0.2) is 36.9 Å². The zero-order valence-corrected chi connectivity index (χ0v) is 22.0. The highest BCUT2D eigenvalue weighted by Gasteiger charge is 2.66. The van der Waals surface area contributed by atoms with Crippen molar-refractivity contribution in [2.24, 2.45) is 28.1 Å². The Labute approximate surface area is 216 Å². The predicted molar refractivity (Wildman–Crippen MR) is 131 cm³/mol. The van der Waals surface area contributed by atoms with Crippen molar-refractivity contribution in [1.82, 2.24) is 0 Å². The highest BCUT2D eigenvalue weighted by Crippen LogP contribution is 2.66. The number of carbonyl (C=O) groups is 4. The van der Waals surface area contributed by atoms with E-state index in [9.17, 15) is 19.2 Å². The molecule has 4 aliphatic rings. The van der Waals surface area contributed by atoms with Gasteiger partial charge in [0.25, 0.3) is 0 Å². The fraction of sp³-hybridized carbons (Fsp3) is 0.586. The standard InChI is InChI=1S/C29H34O8/c1-16(30)36-23-7-6-18-19(29(4)21(13-24(32)34-5)28(23,3)14-22(29)31)8-10-27(2)20(18)12-25(33)37-26(27)17-9-11-35-15-17/h6-7,9,11,15,19,21,23,26H,8,10,12-14H2,1-5H3. The molecule has 7 unspecified atom stereocenters. The molecule has 8 heteroatoms. The predicted octanol–water partition coefficient (Wildman–Crippen LogP) is 4.65. The van der Waals surface area contributed by atoms with Gasteiger partial charge in [0, 0.05) is 41.6 Å². The zero-order valence-electron chi connectivity index (χ0n) is 22.0. The second-order valence-corrected chi connectivity index (χ2v) is 11.7. The molecule has 1 saturated carbocycles. The molecule has 2 bridgehead atoms. The second kappa shape index (κ2) is 8.71. The van der Waals surface area contributed by atoms with E-state index in [0.717, 1.165) is 16.7 Å². The number of Topliss-reactive ketones (excluding diaryl/α,β-unsaturated/α-hetero) is 1. The fourth-order valence-corrected chi connectivity index (χ4v) is 7.76. The Bertz CT molecular complexity index is 1210. The van der Waals surface area contributed by atoms with Crippen LogP contribution in [0.4, 0.5) is 0 Å². The first kappa shape index (κ1) is 25.5. The van der Waals surface area contributed by atoms with Gasteiger partial charge in [-0.15, -0.1) is 0 Å². The van der Waals surface area contributed by atoms with Crippen LogP contribution in [0.5, 0.6) is 0 Å². The van der Waals surface area contributed by atoms with Crippen LogP contribution in [-0.2, 0) is 33.4 Å². The number of cyclic esters (lactones) is 1. The highest BCUT2D eigenvalue weighted by atomic mass is 16.6. The van der Waals surface area contributed by atoms with Crippen LogP contribution in [0.3, 0.4) is 0 Å². The molecule has 37 heavy (non-hydrogen) atoms. The minimum absolute atomic E-state index is 0.0386. The van der Waals surface area contributed by atoms with Crippen molar-refractivity contribution in [2.45, 2.75) is 72.0 Å². The van der Waals surface area contributed by atoms with Crippen LogP contribution in [0.1, 0.15) is 71.5 Å². The number of carbonyl (C=O) groups excluding carboxylic acids is 4. The smallest absolute Gasteiger partial charge is 0.310 e. The van der Waals surface area contributed by atoms with Crippen LogP contribution >= 0.6 is 0 Å². The third kappa shape index (κ3) is 3.70. The van der Waals surface area contributed by atoms with Crippen molar-refractivity contribution < 1.29 is 37.8 Å². The van der Waals surface area contributed by atoms with Gasteiger partial charge in [-0.2, -0.15) is 0 Å². The van der Waals surface area contributed by atoms with Gasteiger partial charge < -0.3 is 18.6 Å². The van der Waals surface area contributed by atoms with E-state index in [1.165, 1.54) is 14.0 Å². The molecule has 1 aromatic heterocycles. The van der Waals surface area contributed by atoms with Crippen molar-refractivity contribution in [3.63, 3.8) is 0 Å². The van der Waals surface area contributed by atoms with E-state index in [-0.39, 0.29) is 36.9 Å². The molecule has 1 aromatic rings. The van der Waals surface area contributed by atoms with Crippen LogP contribution < -0.4 is 0 Å². The average Bonchev–Trinajstić information content (AvgIpc) is 3.44. The van der Waals surface area contributed by atoms with E-state index in [1.807, 2.05) is 32.1 Å². The lowest BCUT2D eigenvalue weighted by Gasteiger charge is -2.53. The summed E-state index contributed by atoms with van der Waals surface area (Å²) in [4.78, 5) is 51.6. The van der Waals surface area contributed by atoms with E-state index >= 15 is 0 Å². The van der Waals surface area contributed by atoms with Gasteiger partial charge in [0.05, 0.1) is 26.1 Å². The second-order valence-electron chi connectivity index (χ2n) is 11.7. The van der Waals surface area contributed by atoms with Crippen LogP contribution in [0.25, 0.3) is 0 Å². The molecule has 2 fully saturated rings. The van der Waals surface area contributed by atoms with Gasteiger partial charge in [0.1, 0.15) is 18.0 Å². The summed E-state index contributed by atoms with van der Waals surface area (Å²) in [5.74, 6) is -1.78. The maximum atomic E-state index is 14.0. The van der Waals surface area contributed by atoms with E-state index in [0.29, 0.717) is 12.8 Å². The number of allylic oxidation sites excluding steroid dienone is 2. The van der Waals surface area contributed by atoms with Crippen molar-refractivity contribution in [3.05, 3.63) is 47.5 Å². The molecule has 8 nitrogen and oxygen atoms in total. The normalized spacial score (nSPS) is 38.7. The molecule has 1 aliphatic heterocycles. The monoisotopic (exact) mass is 510 g/mol. The SMILES string of the molecule is COC(=O)CC1C2(C)CC(=O)C1(C)C1CCC3(C)C(=C1C=CC2OC(C)=O)CC(=O)OC3c1ccoc1. The third-order valence-electron chi connectivity index (χ3n) is 9.74. The molecule has 2 heterocycles. The molecule has 0 N–H and O–H groups in total. The summed E-state index contributed by atoms with van der Waals surface area (Å²) in [5.41, 5.74) is 0.463. The number of rotatable bonds is 4. The van der Waals surface area contributed by atoms with Crippen molar-refractivity contribution in [3.8, 4) is 0 Å². The first-order valence-corrected chi connectivity index (χ1v) is 12.9. The van der Waals surface area contributed by atoms with Gasteiger partial charge in [-0.1, -0.05) is 26.8 Å². The molecule has 0 aromatic carbocycles. The molecule has 1 saturated heterocycles. The summed E-state index contributed by atoms with van der Waals surface area (Å²) >= 11 is 0. The lowest BCUT2D eigenvalue weighted by atomic mass is 9.52. The topological polar surface area (TPSA) is 109 Å². The molecule has 0 spiro atoms. The highest BCUT2D eigenvalue weighted by molar-refractivity contribution is 5.91. The molecule has 198 valence electrons. The number of furan rings is 1. The number of fused-ring (bicyclic) bond motifs is 5. The maximum absolute atomic E-state index is 14.0. The first-order valence-electron chi connectivity index (χ1n) is 12.9.